The Hall–Kier alpha value is -3.25. The number of nitrogens with one attached hydrogen (secondary N) is 1. The zero-order valence-corrected chi connectivity index (χ0v) is 20.3. The number of nitrogens with zero attached hydrogens (tertiary/aromatic N) is 2. The predicted octanol–water partition coefficient (Wildman–Crippen LogP) is 5.53. The van der Waals surface area contributed by atoms with Gasteiger partial charge in [-0.15, -0.1) is 0 Å². The third-order valence-corrected chi connectivity index (χ3v) is 6.70. The fraction of sp³-hybridized carbons (Fsp3) is 0.333. The molecular weight excluding hydrogens is 450 g/mol. The van der Waals surface area contributed by atoms with Gasteiger partial charge in [0.15, 0.2) is 0 Å². The fourth-order valence-corrected chi connectivity index (χ4v) is 4.80. The summed E-state index contributed by atoms with van der Waals surface area (Å²) in [5.41, 5.74) is 4.35. The second-order valence-corrected chi connectivity index (χ2v) is 10.5. The summed E-state index contributed by atoms with van der Waals surface area (Å²) in [6.45, 7) is 7.83. The number of carbonyl (C=O) groups excluding carboxylic acids is 1. The Labute approximate surface area is 204 Å². The van der Waals surface area contributed by atoms with Gasteiger partial charge in [-0.3, -0.25) is 9.36 Å². The van der Waals surface area contributed by atoms with E-state index in [4.69, 9.17) is 16.3 Å². The highest BCUT2D eigenvalue weighted by Gasteiger charge is 2.41. The third-order valence-electron chi connectivity index (χ3n) is 6.45. The molecule has 1 fully saturated rings. The van der Waals surface area contributed by atoms with Crippen molar-refractivity contribution in [3.05, 3.63) is 81.7 Å². The normalized spacial score (nSPS) is 17.6. The monoisotopic (exact) mass is 477 g/mol. The first-order chi connectivity index (χ1) is 16.2. The van der Waals surface area contributed by atoms with Crippen molar-refractivity contribution < 1.29 is 9.53 Å². The molecule has 2 aliphatic heterocycles. The van der Waals surface area contributed by atoms with Gasteiger partial charge in [-0.2, -0.15) is 0 Å². The molecule has 1 aromatic heterocycles. The molecule has 176 valence electrons. The largest absolute Gasteiger partial charge is 0.444 e. The summed E-state index contributed by atoms with van der Waals surface area (Å²) in [6, 6.07) is 17.1. The number of anilines is 1. The second-order valence-electron chi connectivity index (χ2n) is 10.0. The summed E-state index contributed by atoms with van der Waals surface area (Å²) in [5, 5.41) is 4.14. The zero-order valence-electron chi connectivity index (χ0n) is 19.5. The van der Waals surface area contributed by atoms with Gasteiger partial charge >= 0.3 is 6.09 Å². The second kappa shape index (κ2) is 8.51. The Kier molecular flexibility index (Phi) is 5.64. The summed E-state index contributed by atoms with van der Waals surface area (Å²) >= 11 is 5.98. The molecule has 2 aliphatic rings. The molecule has 1 atom stereocenters. The lowest BCUT2D eigenvalue weighted by Gasteiger charge is -2.42. The van der Waals surface area contributed by atoms with Gasteiger partial charge in [0, 0.05) is 60.1 Å². The highest BCUT2D eigenvalue weighted by molar-refractivity contribution is 6.30. The Morgan fingerprint density at radius 1 is 1.03 bits per heavy atom. The minimum Gasteiger partial charge on any atom is -0.444 e. The predicted molar refractivity (Wildman–Crippen MR) is 135 cm³/mol. The van der Waals surface area contributed by atoms with Crippen LogP contribution in [0.15, 0.2) is 65.6 Å². The average molecular weight is 478 g/mol. The smallest absolute Gasteiger partial charge is 0.410 e. The standard InChI is InChI=1S/C27H28ClN3O3/c1-27(2,3)34-26(33)30-15-19(16-30)23-14-29-24-9-8-21(13-22(23)24)31-11-10-18(12-25(31)32)17-4-6-20(28)7-5-17/h4-13,19,23,29H,14-16H2,1-3H3. The van der Waals surface area contributed by atoms with Crippen LogP contribution in [0.3, 0.4) is 0 Å². The van der Waals surface area contributed by atoms with Crippen LogP contribution in [0.5, 0.6) is 0 Å². The van der Waals surface area contributed by atoms with E-state index < -0.39 is 5.60 Å². The van der Waals surface area contributed by atoms with E-state index >= 15 is 0 Å². The molecule has 1 amide bonds. The quantitative estimate of drug-likeness (QED) is 0.538. The number of rotatable bonds is 3. The lowest BCUT2D eigenvalue weighted by atomic mass is 9.82. The first-order valence-corrected chi connectivity index (χ1v) is 11.9. The maximum Gasteiger partial charge on any atom is 0.410 e. The summed E-state index contributed by atoms with van der Waals surface area (Å²) in [6.07, 6.45) is 1.56. The summed E-state index contributed by atoms with van der Waals surface area (Å²) in [4.78, 5) is 27.0. The number of carbonyl (C=O) groups is 1. The van der Waals surface area contributed by atoms with Gasteiger partial charge in [0.05, 0.1) is 0 Å². The van der Waals surface area contributed by atoms with Crippen LogP contribution in [0.25, 0.3) is 16.8 Å². The van der Waals surface area contributed by atoms with E-state index in [1.807, 2.05) is 69.4 Å². The van der Waals surface area contributed by atoms with Gasteiger partial charge in [0.25, 0.3) is 5.56 Å². The van der Waals surface area contributed by atoms with Crippen LogP contribution < -0.4 is 10.9 Å². The van der Waals surface area contributed by atoms with Crippen molar-refractivity contribution in [1.82, 2.24) is 9.47 Å². The number of halogens is 1. The molecule has 3 heterocycles. The number of fused-ring (bicyclic) bond motifs is 1. The molecule has 1 N–H and O–H groups in total. The van der Waals surface area contributed by atoms with E-state index in [-0.39, 0.29) is 17.6 Å². The molecule has 34 heavy (non-hydrogen) atoms. The first kappa shape index (κ1) is 22.5. The van der Waals surface area contributed by atoms with Gasteiger partial charge in [-0.1, -0.05) is 23.7 Å². The molecule has 5 rings (SSSR count). The van der Waals surface area contributed by atoms with E-state index in [9.17, 15) is 9.59 Å². The molecule has 1 saturated heterocycles. The number of likely N-dealkylation sites (tertiary alicyclic amines) is 1. The first-order valence-electron chi connectivity index (χ1n) is 11.5. The Bertz CT molecular complexity index is 1290. The molecule has 0 spiro atoms. The van der Waals surface area contributed by atoms with Crippen LogP contribution in [0.4, 0.5) is 10.5 Å². The molecule has 1 unspecified atom stereocenters. The van der Waals surface area contributed by atoms with Crippen molar-refractivity contribution in [2.45, 2.75) is 32.3 Å². The summed E-state index contributed by atoms with van der Waals surface area (Å²) in [5.74, 6) is 0.651. The Morgan fingerprint density at radius 3 is 2.44 bits per heavy atom. The van der Waals surface area contributed by atoms with E-state index in [0.29, 0.717) is 24.0 Å². The third kappa shape index (κ3) is 4.42. The van der Waals surface area contributed by atoms with Crippen LogP contribution in [0, 0.1) is 5.92 Å². The molecule has 7 heteroatoms. The Morgan fingerprint density at radius 2 is 1.76 bits per heavy atom. The molecule has 0 bridgehead atoms. The van der Waals surface area contributed by atoms with Crippen molar-refractivity contribution >= 4 is 23.4 Å². The molecule has 2 aromatic carbocycles. The average Bonchev–Trinajstić information content (AvgIpc) is 3.15. The maximum atomic E-state index is 13.0. The van der Waals surface area contributed by atoms with Gasteiger partial charge in [0.2, 0.25) is 0 Å². The number of pyridine rings is 1. The molecule has 6 nitrogen and oxygen atoms in total. The van der Waals surface area contributed by atoms with Crippen LogP contribution in [0.1, 0.15) is 32.3 Å². The van der Waals surface area contributed by atoms with Crippen molar-refractivity contribution in [1.29, 1.82) is 0 Å². The van der Waals surface area contributed by atoms with E-state index in [2.05, 4.69) is 11.4 Å². The maximum absolute atomic E-state index is 13.0. The minimum absolute atomic E-state index is 0.0883. The van der Waals surface area contributed by atoms with Crippen molar-refractivity contribution in [2.24, 2.45) is 5.92 Å². The number of aromatic nitrogens is 1. The summed E-state index contributed by atoms with van der Waals surface area (Å²) in [7, 11) is 0. The molecule has 3 aromatic rings. The van der Waals surface area contributed by atoms with E-state index in [1.54, 1.807) is 15.5 Å². The van der Waals surface area contributed by atoms with E-state index in [1.165, 1.54) is 5.56 Å². The molecule has 0 saturated carbocycles. The molecule has 0 aliphatic carbocycles. The van der Waals surface area contributed by atoms with Gasteiger partial charge in [0.1, 0.15) is 5.60 Å². The Balaban J connectivity index is 1.34. The van der Waals surface area contributed by atoms with Crippen LogP contribution in [-0.4, -0.2) is 40.8 Å². The summed E-state index contributed by atoms with van der Waals surface area (Å²) < 4.78 is 7.16. The SMILES string of the molecule is CC(C)(C)OC(=O)N1CC(C2CNc3ccc(-n4ccc(-c5ccc(Cl)cc5)cc4=O)cc32)C1. The minimum atomic E-state index is -0.491. The van der Waals surface area contributed by atoms with E-state index in [0.717, 1.165) is 29.0 Å². The van der Waals surface area contributed by atoms with Crippen molar-refractivity contribution in [2.75, 3.05) is 25.0 Å². The zero-order chi connectivity index (χ0) is 24.0. The number of benzene rings is 2. The van der Waals surface area contributed by atoms with Crippen LogP contribution in [0.2, 0.25) is 5.02 Å². The number of hydrogen-bond acceptors (Lipinski definition) is 4. The van der Waals surface area contributed by atoms with Crippen molar-refractivity contribution in [3.8, 4) is 16.8 Å². The number of hydrogen-bond donors (Lipinski definition) is 1. The number of amides is 1. The highest BCUT2D eigenvalue weighted by Crippen LogP contribution is 2.41. The number of ether oxygens (including phenoxy) is 1. The molecule has 0 radical (unpaired) electrons. The van der Waals surface area contributed by atoms with Crippen molar-refractivity contribution in [3.63, 3.8) is 0 Å². The van der Waals surface area contributed by atoms with Gasteiger partial charge in [-0.25, -0.2) is 4.79 Å². The topological polar surface area (TPSA) is 63.6 Å². The van der Waals surface area contributed by atoms with Crippen LogP contribution >= 0.6 is 11.6 Å². The fourth-order valence-electron chi connectivity index (χ4n) is 4.68. The van der Waals surface area contributed by atoms with Gasteiger partial charge < -0.3 is 15.0 Å². The lowest BCUT2D eigenvalue weighted by Crippen LogP contribution is -2.53. The molecular formula is C27H28ClN3O3. The van der Waals surface area contributed by atoms with Gasteiger partial charge in [-0.05, 0) is 73.9 Å². The highest BCUT2D eigenvalue weighted by atomic mass is 35.5. The lowest BCUT2D eigenvalue weighted by molar-refractivity contribution is -0.00415. The van der Waals surface area contributed by atoms with Crippen LogP contribution in [-0.2, 0) is 4.74 Å².